The van der Waals surface area contributed by atoms with Gasteiger partial charge >= 0.3 is 6.03 Å². The van der Waals surface area contributed by atoms with Crippen molar-refractivity contribution in [1.29, 1.82) is 0 Å². The molecule has 1 heterocycles. The first kappa shape index (κ1) is 15.0. The van der Waals surface area contributed by atoms with Gasteiger partial charge in [-0.15, -0.1) is 0 Å². The molecule has 0 atom stereocenters. The molecule has 8 heteroatoms. The van der Waals surface area contributed by atoms with E-state index in [2.05, 4.69) is 10.6 Å². The van der Waals surface area contributed by atoms with Gasteiger partial charge in [0.05, 0.1) is 11.5 Å². The molecule has 1 aliphatic rings. The van der Waals surface area contributed by atoms with E-state index >= 15 is 0 Å². The van der Waals surface area contributed by atoms with E-state index in [1.165, 1.54) is 12.1 Å². The third-order valence-electron chi connectivity index (χ3n) is 3.19. The number of amides is 2. The molecule has 0 aliphatic carbocycles. The Morgan fingerprint density at radius 2 is 2.33 bits per heavy atom. The zero-order valence-corrected chi connectivity index (χ0v) is 11.8. The monoisotopic (exact) mass is 294 g/mol. The Kier molecular flexibility index (Phi) is 4.94. The molecule has 1 saturated heterocycles. The maximum atomic E-state index is 11.4. The summed E-state index contributed by atoms with van der Waals surface area (Å²) < 4.78 is 5.65. The fraction of sp³-hybridized carbons (Fsp3) is 0.462. The molecule has 1 fully saturated rings. The lowest BCUT2D eigenvalue weighted by Crippen LogP contribution is -2.32. The maximum absolute atomic E-state index is 11.4. The van der Waals surface area contributed by atoms with Gasteiger partial charge in [-0.25, -0.2) is 4.79 Å². The van der Waals surface area contributed by atoms with Crippen LogP contribution >= 0.6 is 0 Å². The van der Waals surface area contributed by atoms with E-state index in [1.807, 2.05) is 0 Å². The van der Waals surface area contributed by atoms with Gasteiger partial charge in [0.25, 0.3) is 5.69 Å². The molecule has 2 N–H and O–H groups in total. The Labute approximate surface area is 122 Å². The van der Waals surface area contributed by atoms with Gasteiger partial charge in [-0.2, -0.15) is 0 Å². The number of ether oxygens (including phenoxy) is 1. The highest BCUT2D eigenvalue weighted by atomic mass is 16.6. The van der Waals surface area contributed by atoms with Gasteiger partial charge in [-0.1, -0.05) is 0 Å². The van der Waals surface area contributed by atoms with Crippen LogP contribution in [0.2, 0.25) is 0 Å². The lowest BCUT2D eigenvalue weighted by atomic mass is 10.2. The number of non-ortho nitro benzene ring substituents is 1. The number of hydrogen-bond donors (Lipinski definition) is 2. The van der Waals surface area contributed by atoms with Crippen LogP contribution in [0.4, 0.5) is 10.5 Å². The number of urea groups is 1. The second-order valence-electron chi connectivity index (χ2n) is 4.65. The maximum Gasteiger partial charge on any atom is 0.317 e. The fourth-order valence-electron chi connectivity index (χ4n) is 2.14. The summed E-state index contributed by atoms with van der Waals surface area (Å²) in [5.74, 6) is 0.592. The highest BCUT2D eigenvalue weighted by Gasteiger charge is 2.19. The first-order valence-corrected chi connectivity index (χ1v) is 6.69. The molecule has 0 saturated carbocycles. The topological polar surface area (TPSA) is 96.7 Å². The second-order valence-corrected chi connectivity index (χ2v) is 4.65. The minimum Gasteiger partial charge on any atom is -0.491 e. The highest BCUT2D eigenvalue weighted by molar-refractivity contribution is 5.76. The summed E-state index contributed by atoms with van der Waals surface area (Å²) >= 11 is 0. The van der Waals surface area contributed by atoms with E-state index in [4.69, 9.17) is 4.74 Å². The number of carbonyl (C=O) groups excluding carboxylic acids is 1. The van der Waals surface area contributed by atoms with Crippen LogP contribution in [0, 0.1) is 10.1 Å². The zero-order chi connectivity index (χ0) is 15.2. The van der Waals surface area contributed by atoms with Gasteiger partial charge in [-0.3, -0.25) is 10.1 Å². The van der Waals surface area contributed by atoms with Crippen molar-refractivity contribution >= 4 is 11.7 Å². The van der Waals surface area contributed by atoms with Crippen molar-refractivity contribution in [3.05, 3.63) is 33.9 Å². The van der Waals surface area contributed by atoms with Crippen LogP contribution in [-0.4, -0.2) is 49.1 Å². The van der Waals surface area contributed by atoms with Crippen LogP contribution < -0.4 is 15.4 Å². The van der Waals surface area contributed by atoms with Crippen LogP contribution in [0.1, 0.15) is 5.56 Å². The molecule has 1 aromatic carbocycles. The molecule has 8 nitrogen and oxygen atoms in total. The van der Waals surface area contributed by atoms with Crippen molar-refractivity contribution < 1.29 is 14.5 Å². The molecule has 114 valence electrons. The van der Waals surface area contributed by atoms with Crippen molar-refractivity contribution in [2.75, 3.05) is 33.3 Å². The third-order valence-corrected chi connectivity index (χ3v) is 3.19. The molecule has 1 aromatic rings. The summed E-state index contributed by atoms with van der Waals surface area (Å²) in [5, 5.41) is 16.5. The summed E-state index contributed by atoms with van der Waals surface area (Å²) in [6.07, 6.45) is 0. The second kappa shape index (κ2) is 6.89. The lowest BCUT2D eigenvalue weighted by Gasteiger charge is -2.16. The third kappa shape index (κ3) is 3.82. The molecule has 0 spiro atoms. The molecule has 0 unspecified atom stereocenters. The first-order chi connectivity index (χ1) is 10.1. The molecule has 0 radical (unpaired) electrons. The van der Waals surface area contributed by atoms with Crippen LogP contribution in [0.25, 0.3) is 0 Å². The van der Waals surface area contributed by atoms with E-state index in [1.54, 1.807) is 18.0 Å². The van der Waals surface area contributed by atoms with Crippen molar-refractivity contribution in [2.24, 2.45) is 0 Å². The fourth-order valence-corrected chi connectivity index (χ4v) is 2.14. The van der Waals surface area contributed by atoms with Crippen LogP contribution in [0.5, 0.6) is 5.75 Å². The number of nitro benzene ring substituents is 1. The number of nitrogens with one attached hydrogen (secondary N) is 2. The summed E-state index contributed by atoms with van der Waals surface area (Å²) in [6, 6.07) is 4.41. The number of hydrogen-bond acceptors (Lipinski definition) is 5. The SMILES string of the molecule is CNCc1cc([N+](=O)[O-])ccc1OCCN1CCNC1=O. The highest BCUT2D eigenvalue weighted by Crippen LogP contribution is 2.24. The largest absolute Gasteiger partial charge is 0.491 e. The van der Waals surface area contributed by atoms with Crippen molar-refractivity contribution in [3.8, 4) is 5.75 Å². The number of nitrogens with zero attached hydrogens (tertiary/aromatic N) is 2. The van der Waals surface area contributed by atoms with Crippen molar-refractivity contribution in [1.82, 2.24) is 15.5 Å². The van der Waals surface area contributed by atoms with Gasteiger partial charge in [0.15, 0.2) is 0 Å². The molecule has 1 aliphatic heterocycles. The van der Waals surface area contributed by atoms with Gasteiger partial charge in [0.2, 0.25) is 0 Å². The van der Waals surface area contributed by atoms with E-state index in [0.29, 0.717) is 38.5 Å². The van der Waals surface area contributed by atoms with E-state index in [-0.39, 0.29) is 11.7 Å². The zero-order valence-electron chi connectivity index (χ0n) is 11.8. The molecule has 2 amide bonds. The van der Waals surface area contributed by atoms with Crippen LogP contribution in [-0.2, 0) is 6.54 Å². The summed E-state index contributed by atoms with van der Waals surface area (Å²) in [6.45, 7) is 2.64. The lowest BCUT2D eigenvalue weighted by molar-refractivity contribution is -0.384. The Morgan fingerprint density at radius 3 is 2.95 bits per heavy atom. The standard InChI is InChI=1S/C13H18N4O4/c1-14-9-10-8-11(17(19)20)2-3-12(10)21-7-6-16-5-4-15-13(16)18/h2-3,8,14H,4-7,9H2,1H3,(H,15,18). The van der Waals surface area contributed by atoms with Gasteiger partial charge in [0.1, 0.15) is 12.4 Å². The normalized spacial score (nSPS) is 14.1. The molecule has 2 rings (SSSR count). The minimum absolute atomic E-state index is 0.0338. The molecule has 21 heavy (non-hydrogen) atoms. The number of carbonyl (C=O) groups is 1. The number of rotatable bonds is 7. The van der Waals surface area contributed by atoms with Gasteiger partial charge < -0.3 is 20.3 Å². The molecular formula is C13H18N4O4. The molecule has 0 bridgehead atoms. The van der Waals surface area contributed by atoms with Gasteiger partial charge in [0, 0.05) is 37.3 Å². The molecule has 0 aromatic heterocycles. The van der Waals surface area contributed by atoms with E-state index < -0.39 is 4.92 Å². The Morgan fingerprint density at radius 1 is 1.52 bits per heavy atom. The van der Waals surface area contributed by atoms with Crippen LogP contribution in [0.3, 0.4) is 0 Å². The molecular weight excluding hydrogens is 276 g/mol. The Hall–Kier alpha value is -2.35. The average Bonchev–Trinajstić information content (AvgIpc) is 2.86. The van der Waals surface area contributed by atoms with Crippen LogP contribution in [0.15, 0.2) is 18.2 Å². The minimum atomic E-state index is -0.433. The van der Waals surface area contributed by atoms with E-state index in [0.717, 1.165) is 5.56 Å². The van der Waals surface area contributed by atoms with Crippen molar-refractivity contribution in [3.63, 3.8) is 0 Å². The predicted molar refractivity (Wildman–Crippen MR) is 76.3 cm³/mol. The summed E-state index contributed by atoms with van der Waals surface area (Å²) in [5.41, 5.74) is 0.754. The number of nitro groups is 1. The average molecular weight is 294 g/mol. The quantitative estimate of drug-likeness (QED) is 0.570. The smallest absolute Gasteiger partial charge is 0.317 e. The number of benzene rings is 1. The predicted octanol–water partition coefficient (Wildman–Crippen LogP) is 0.718. The first-order valence-electron chi connectivity index (χ1n) is 6.69. The Bertz CT molecular complexity index is 535. The van der Waals surface area contributed by atoms with E-state index in [9.17, 15) is 14.9 Å². The summed E-state index contributed by atoms with van der Waals surface area (Å²) in [4.78, 5) is 23.4. The Balaban J connectivity index is 1.98. The summed E-state index contributed by atoms with van der Waals surface area (Å²) in [7, 11) is 1.76. The van der Waals surface area contributed by atoms with Crippen molar-refractivity contribution in [2.45, 2.75) is 6.54 Å². The van der Waals surface area contributed by atoms with Gasteiger partial charge in [-0.05, 0) is 13.1 Å².